The van der Waals surface area contributed by atoms with Gasteiger partial charge in [0.1, 0.15) is 5.69 Å². The lowest BCUT2D eigenvalue weighted by Crippen LogP contribution is -2.49. The third kappa shape index (κ3) is 2.58. The highest BCUT2D eigenvalue weighted by Gasteiger charge is 2.24. The fraction of sp³-hybridized carbons (Fsp3) is 0.412. The molecule has 3 rings (SSSR count). The summed E-state index contributed by atoms with van der Waals surface area (Å²) in [5.41, 5.74) is 4.58. The Morgan fingerprint density at radius 2 is 1.86 bits per heavy atom. The van der Waals surface area contributed by atoms with E-state index in [2.05, 4.69) is 41.9 Å². The van der Waals surface area contributed by atoms with Gasteiger partial charge in [-0.2, -0.15) is 0 Å². The van der Waals surface area contributed by atoms with Gasteiger partial charge in [0.05, 0.1) is 12.5 Å². The van der Waals surface area contributed by atoms with Gasteiger partial charge in [-0.1, -0.05) is 12.1 Å². The lowest BCUT2D eigenvalue weighted by molar-refractivity contribution is 0.0737. The lowest BCUT2D eigenvalue weighted by atomic mass is 10.1. The van der Waals surface area contributed by atoms with Gasteiger partial charge < -0.3 is 14.4 Å². The lowest BCUT2D eigenvalue weighted by Gasteiger charge is -2.37. The Bertz CT molecular complexity index is 684. The van der Waals surface area contributed by atoms with Crippen molar-refractivity contribution in [3.05, 3.63) is 47.5 Å². The fourth-order valence-corrected chi connectivity index (χ4v) is 2.95. The number of rotatable bonds is 2. The number of aryl methyl sites for hydroxylation is 2. The molecule has 0 spiro atoms. The second-order valence-corrected chi connectivity index (χ2v) is 5.89. The molecule has 5 nitrogen and oxygen atoms in total. The first-order valence-electron chi connectivity index (χ1n) is 7.64. The normalized spacial score (nSPS) is 15.2. The molecule has 1 fully saturated rings. The number of aromatic nitrogens is 2. The van der Waals surface area contributed by atoms with E-state index in [0.717, 1.165) is 26.2 Å². The van der Waals surface area contributed by atoms with E-state index in [-0.39, 0.29) is 5.91 Å². The van der Waals surface area contributed by atoms with Gasteiger partial charge in [0.2, 0.25) is 0 Å². The number of carbonyl (C=O) groups is 1. The Morgan fingerprint density at radius 1 is 1.14 bits per heavy atom. The number of imidazole rings is 1. The van der Waals surface area contributed by atoms with Crippen LogP contribution in [0.2, 0.25) is 0 Å². The van der Waals surface area contributed by atoms with Gasteiger partial charge in [-0.05, 0) is 31.0 Å². The second-order valence-electron chi connectivity index (χ2n) is 5.89. The van der Waals surface area contributed by atoms with E-state index < -0.39 is 0 Å². The van der Waals surface area contributed by atoms with E-state index in [1.807, 2.05) is 11.9 Å². The standard InChI is InChI=1S/C17H22N4O/c1-13-5-4-6-15(14(13)2)20-7-9-21(10-8-20)17(22)16-11-18-12-19(16)3/h4-6,11-12H,7-10H2,1-3H3. The van der Waals surface area contributed by atoms with Gasteiger partial charge >= 0.3 is 0 Å². The zero-order chi connectivity index (χ0) is 15.7. The molecule has 2 heterocycles. The van der Waals surface area contributed by atoms with Crippen LogP contribution in [0.25, 0.3) is 0 Å². The summed E-state index contributed by atoms with van der Waals surface area (Å²) in [5, 5.41) is 0. The maximum atomic E-state index is 12.5. The molecule has 1 aliphatic rings. The Morgan fingerprint density at radius 3 is 2.50 bits per heavy atom. The van der Waals surface area contributed by atoms with Crippen molar-refractivity contribution in [2.75, 3.05) is 31.1 Å². The van der Waals surface area contributed by atoms with Crippen molar-refractivity contribution in [2.45, 2.75) is 13.8 Å². The van der Waals surface area contributed by atoms with Gasteiger partial charge in [-0.3, -0.25) is 4.79 Å². The van der Waals surface area contributed by atoms with E-state index in [1.165, 1.54) is 16.8 Å². The monoisotopic (exact) mass is 298 g/mol. The zero-order valence-corrected chi connectivity index (χ0v) is 13.4. The van der Waals surface area contributed by atoms with Crippen molar-refractivity contribution < 1.29 is 4.79 Å². The quantitative estimate of drug-likeness (QED) is 0.851. The SMILES string of the molecule is Cc1cccc(N2CCN(C(=O)c3cncn3C)CC2)c1C. The van der Waals surface area contributed by atoms with Crippen LogP contribution in [0, 0.1) is 13.8 Å². The molecule has 2 aromatic rings. The molecule has 1 aliphatic heterocycles. The van der Waals surface area contributed by atoms with Gasteiger partial charge in [0.15, 0.2) is 0 Å². The van der Waals surface area contributed by atoms with Gasteiger partial charge in [-0.15, -0.1) is 0 Å². The predicted molar refractivity (Wildman–Crippen MR) is 87.2 cm³/mol. The summed E-state index contributed by atoms with van der Waals surface area (Å²) in [4.78, 5) is 20.8. The molecule has 116 valence electrons. The third-order valence-electron chi connectivity index (χ3n) is 4.52. The minimum Gasteiger partial charge on any atom is -0.368 e. The molecule has 1 aromatic carbocycles. The first-order chi connectivity index (χ1) is 10.6. The number of benzene rings is 1. The topological polar surface area (TPSA) is 41.4 Å². The summed E-state index contributed by atoms with van der Waals surface area (Å²) < 4.78 is 1.78. The van der Waals surface area contributed by atoms with E-state index >= 15 is 0 Å². The molecule has 0 unspecified atom stereocenters. The molecule has 0 bridgehead atoms. The van der Waals surface area contributed by atoms with E-state index in [9.17, 15) is 4.79 Å². The van der Waals surface area contributed by atoms with Crippen molar-refractivity contribution in [3.63, 3.8) is 0 Å². The molecular formula is C17H22N4O. The van der Waals surface area contributed by atoms with Crippen LogP contribution in [0.1, 0.15) is 21.6 Å². The molecule has 1 aromatic heterocycles. The first kappa shape index (κ1) is 14.6. The highest BCUT2D eigenvalue weighted by atomic mass is 16.2. The van der Waals surface area contributed by atoms with Crippen molar-refractivity contribution in [3.8, 4) is 0 Å². The van der Waals surface area contributed by atoms with E-state index in [1.54, 1.807) is 17.1 Å². The number of amides is 1. The average molecular weight is 298 g/mol. The molecule has 1 amide bonds. The van der Waals surface area contributed by atoms with Crippen molar-refractivity contribution in [1.29, 1.82) is 0 Å². The summed E-state index contributed by atoms with van der Waals surface area (Å²) in [6.45, 7) is 7.54. The first-order valence-corrected chi connectivity index (χ1v) is 7.64. The fourth-order valence-electron chi connectivity index (χ4n) is 2.95. The highest BCUT2D eigenvalue weighted by Crippen LogP contribution is 2.24. The second kappa shape index (κ2) is 5.83. The van der Waals surface area contributed by atoms with E-state index in [4.69, 9.17) is 0 Å². The van der Waals surface area contributed by atoms with Crippen LogP contribution < -0.4 is 4.90 Å². The number of piperazine rings is 1. The zero-order valence-electron chi connectivity index (χ0n) is 13.4. The van der Waals surface area contributed by atoms with Crippen LogP contribution in [0.3, 0.4) is 0 Å². The number of carbonyl (C=O) groups excluding carboxylic acids is 1. The summed E-state index contributed by atoms with van der Waals surface area (Å²) in [6.07, 6.45) is 3.30. The largest absolute Gasteiger partial charge is 0.368 e. The minimum atomic E-state index is 0.0700. The minimum absolute atomic E-state index is 0.0700. The van der Waals surface area contributed by atoms with Crippen LogP contribution >= 0.6 is 0 Å². The van der Waals surface area contributed by atoms with Crippen LogP contribution in [0.5, 0.6) is 0 Å². The molecule has 0 radical (unpaired) electrons. The van der Waals surface area contributed by atoms with Crippen LogP contribution in [0.4, 0.5) is 5.69 Å². The number of nitrogens with zero attached hydrogens (tertiary/aromatic N) is 4. The molecule has 1 saturated heterocycles. The van der Waals surface area contributed by atoms with Gasteiger partial charge in [0, 0.05) is 38.9 Å². The molecular weight excluding hydrogens is 276 g/mol. The smallest absolute Gasteiger partial charge is 0.272 e. The highest BCUT2D eigenvalue weighted by molar-refractivity contribution is 5.92. The summed E-state index contributed by atoms with van der Waals surface area (Å²) in [5.74, 6) is 0.0700. The number of hydrogen-bond acceptors (Lipinski definition) is 3. The summed E-state index contributed by atoms with van der Waals surface area (Å²) >= 11 is 0. The van der Waals surface area contributed by atoms with Crippen molar-refractivity contribution >= 4 is 11.6 Å². The molecule has 22 heavy (non-hydrogen) atoms. The van der Waals surface area contributed by atoms with Crippen molar-refractivity contribution in [1.82, 2.24) is 14.5 Å². The van der Waals surface area contributed by atoms with E-state index in [0.29, 0.717) is 5.69 Å². The van der Waals surface area contributed by atoms with Crippen LogP contribution in [-0.2, 0) is 7.05 Å². The van der Waals surface area contributed by atoms with Crippen molar-refractivity contribution in [2.24, 2.45) is 7.05 Å². The summed E-state index contributed by atoms with van der Waals surface area (Å²) in [7, 11) is 1.85. The molecule has 0 aliphatic carbocycles. The number of anilines is 1. The van der Waals surface area contributed by atoms with Crippen LogP contribution in [-0.4, -0.2) is 46.5 Å². The van der Waals surface area contributed by atoms with Crippen LogP contribution in [0.15, 0.2) is 30.7 Å². The maximum absolute atomic E-state index is 12.5. The molecule has 0 N–H and O–H groups in total. The van der Waals surface area contributed by atoms with Gasteiger partial charge in [-0.25, -0.2) is 4.98 Å². The maximum Gasteiger partial charge on any atom is 0.272 e. The molecule has 5 heteroatoms. The Hall–Kier alpha value is -2.30. The predicted octanol–water partition coefficient (Wildman–Crippen LogP) is 2.00. The van der Waals surface area contributed by atoms with Gasteiger partial charge in [0.25, 0.3) is 5.91 Å². The molecule has 0 atom stereocenters. The Balaban J connectivity index is 1.69. The Labute approximate surface area is 131 Å². The average Bonchev–Trinajstić information content (AvgIpc) is 2.96. The Kier molecular flexibility index (Phi) is 3.88. The molecule has 0 saturated carbocycles. The third-order valence-corrected chi connectivity index (χ3v) is 4.52. The summed E-state index contributed by atoms with van der Waals surface area (Å²) in [6, 6.07) is 6.41. The number of hydrogen-bond donors (Lipinski definition) is 0.